The molecule has 0 fully saturated rings. The minimum atomic E-state index is 0.0387. The molecule has 106 valence electrons. The lowest BCUT2D eigenvalue weighted by Gasteiger charge is -2.13. The third-order valence-electron chi connectivity index (χ3n) is 3.09. The number of hydrogen-bond donors (Lipinski definition) is 1. The van der Waals surface area contributed by atoms with Gasteiger partial charge in [0, 0.05) is 16.5 Å². The Kier molecular flexibility index (Phi) is 3.92. The van der Waals surface area contributed by atoms with Crippen LogP contribution in [-0.4, -0.2) is 21.4 Å². The molecule has 0 unspecified atom stereocenters. The molecule has 4 nitrogen and oxygen atoms in total. The van der Waals surface area contributed by atoms with Crippen molar-refractivity contribution in [1.82, 2.24) is 9.78 Å². The summed E-state index contributed by atoms with van der Waals surface area (Å²) in [6, 6.07) is 4.38. The maximum Gasteiger partial charge on any atom is 0.235 e. The summed E-state index contributed by atoms with van der Waals surface area (Å²) >= 11 is 6.86. The number of amides is 1. The van der Waals surface area contributed by atoms with Gasteiger partial charge in [-0.1, -0.05) is 0 Å². The average molecular weight is 372 g/mol. The van der Waals surface area contributed by atoms with Crippen LogP contribution in [0, 0.1) is 0 Å². The number of nitrogens with one attached hydrogen (secondary N) is 1. The van der Waals surface area contributed by atoms with E-state index in [9.17, 15) is 4.79 Å². The maximum absolute atomic E-state index is 11.9. The van der Waals surface area contributed by atoms with Crippen LogP contribution < -0.4 is 5.32 Å². The van der Waals surface area contributed by atoms with Crippen molar-refractivity contribution in [2.45, 2.75) is 25.1 Å². The van der Waals surface area contributed by atoms with E-state index in [0.717, 1.165) is 15.2 Å². The Balaban J connectivity index is 2.08. The number of hydrogen-bond acceptors (Lipinski definition) is 4. The summed E-state index contributed by atoms with van der Waals surface area (Å²) in [7, 11) is 0. The SMILES string of the molecule is CC(C)n1ncc2c1NC(=O)CS[C@H]2c1ccc(Br)s1. The Labute approximate surface area is 134 Å². The van der Waals surface area contributed by atoms with Crippen molar-refractivity contribution in [2.75, 3.05) is 11.1 Å². The van der Waals surface area contributed by atoms with E-state index >= 15 is 0 Å². The number of rotatable bonds is 2. The van der Waals surface area contributed by atoms with E-state index in [2.05, 4.69) is 46.3 Å². The first-order valence-corrected chi connectivity index (χ1v) is 8.96. The van der Waals surface area contributed by atoms with Crippen molar-refractivity contribution in [2.24, 2.45) is 0 Å². The molecule has 1 aliphatic heterocycles. The fourth-order valence-electron chi connectivity index (χ4n) is 2.21. The van der Waals surface area contributed by atoms with E-state index in [1.165, 1.54) is 4.88 Å². The molecule has 0 radical (unpaired) electrons. The standard InChI is InChI=1S/C13H14BrN3OS2/c1-7(2)17-13-8(5-15-17)12(19-6-11(18)16-13)9-3-4-10(14)20-9/h3-5,7,12H,6H2,1-2H3,(H,16,18)/t12-/m1/s1. The number of nitrogens with zero attached hydrogens (tertiary/aromatic N) is 2. The fraction of sp³-hybridized carbons (Fsp3) is 0.385. The van der Waals surface area contributed by atoms with Gasteiger partial charge in [0.1, 0.15) is 5.82 Å². The number of carbonyl (C=O) groups excluding carboxylic acids is 1. The van der Waals surface area contributed by atoms with Gasteiger partial charge in [-0.05, 0) is 41.9 Å². The molecule has 2 aromatic heterocycles. The summed E-state index contributed by atoms with van der Waals surface area (Å²) in [5, 5.41) is 7.59. The van der Waals surface area contributed by atoms with Crippen LogP contribution in [0.1, 0.15) is 35.6 Å². The first-order valence-electron chi connectivity index (χ1n) is 6.30. The van der Waals surface area contributed by atoms with Gasteiger partial charge in [-0.15, -0.1) is 23.1 Å². The molecule has 3 heterocycles. The number of aromatic nitrogens is 2. The van der Waals surface area contributed by atoms with Gasteiger partial charge in [-0.25, -0.2) is 4.68 Å². The van der Waals surface area contributed by atoms with Gasteiger partial charge < -0.3 is 5.32 Å². The highest BCUT2D eigenvalue weighted by Gasteiger charge is 2.29. The van der Waals surface area contributed by atoms with Crippen molar-refractivity contribution >= 4 is 50.8 Å². The lowest BCUT2D eigenvalue weighted by molar-refractivity contribution is -0.113. The molecule has 1 atom stereocenters. The molecule has 2 aromatic rings. The van der Waals surface area contributed by atoms with Crippen molar-refractivity contribution in [1.29, 1.82) is 0 Å². The first kappa shape index (κ1) is 14.2. The largest absolute Gasteiger partial charge is 0.310 e. The minimum absolute atomic E-state index is 0.0387. The summed E-state index contributed by atoms with van der Waals surface area (Å²) < 4.78 is 2.99. The Morgan fingerprint density at radius 3 is 2.95 bits per heavy atom. The molecule has 0 aromatic carbocycles. The smallest absolute Gasteiger partial charge is 0.235 e. The zero-order valence-corrected chi connectivity index (χ0v) is 14.3. The molecule has 0 saturated heterocycles. The first-order chi connectivity index (χ1) is 9.56. The Bertz CT molecular complexity index is 650. The number of fused-ring (bicyclic) bond motifs is 1. The fourth-order valence-corrected chi connectivity index (χ4v) is 4.97. The zero-order valence-electron chi connectivity index (χ0n) is 11.1. The van der Waals surface area contributed by atoms with Crippen molar-refractivity contribution in [3.63, 3.8) is 0 Å². The van der Waals surface area contributed by atoms with Crippen LogP contribution >= 0.6 is 39.0 Å². The van der Waals surface area contributed by atoms with E-state index in [1.807, 2.05) is 16.9 Å². The molecule has 1 aliphatic rings. The molecule has 7 heteroatoms. The van der Waals surface area contributed by atoms with Crippen LogP contribution in [0.5, 0.6) is 0 Å². The summed E-state index contributed by atoms with van der Waals surface area (Å²) in [6.45, 7) is 4.13. The summed E-state index contributed by atoms with van der Waals surface area (Å²) in [4.78, 5) is 13.2. The number of anilines is 1. The quantitative estimate of drug-likeness (QED) is 0.865. The van der Waals surface area contributed by atoms with E-state index in [1.54, 1.807) is 23.1 Å². The second kappa shape index (κ2) is 5.54. The van der Waals surface area contributed by atoms with Crippen LogP contribution in [0.2, 0.25) is 0 Å². The monoisotopic (exact) mass is 371 g/mol. The maximum atomic E-state index is 11.9. The van der Waals surface area contributed by atoms with E-state index in [4.69, 9.17) is 0 Å². The van der Waals surface area contributed by atoms with Gasteiger partial charge in [0.2, 0.25) is 5.91 Å². The Morgan fingerprint density at radius 1 is 1.50 bits per heavy atom. The molecule has 3 rings (SSSR count). The molecular weight excluding hydrogens is 358 g/mol. The molecule has 1 amide bonds. The van der Waals surface area contributed by atoms with Crippen LogP contribution in [0.25, 0.3) is 0 Å². The van der Waals surface area contributed by atoms with Gasteiger partial charge in [0.05, 0.1) is 21.0 Å². The van der Waals surface area contributed by atoms with Gasteiger partial charge in [0.25, 0.3) is 0 Å². The third kappa shape index (κ3) is 2.54. The zero-order chi connectivity index (χ0) is 14.3. The molecule has 0 bridgehead atoms. The third-order valence-corrected chi connectivity index (χ3v) is 6.19. The second-order valence-electron chi connectivity index (χ2n) is 4.87. The van der Waals surface area contributed by atoms with Crippen LogP contribution in [0.4, 0.5) is 5.82 Å². The average Bonchev–Trinajstić information content (AvgIpc) is 2.94. The van der Waals surface area contributed by atoms with Gasteiger partial charge in [-0.2, -0.15) is 5.10 Å². The summed E-state index contributed by atoms with van der Waals surface area (Å²) in [6.07, 6.45) is 1.88. The van der Waals surface area contributed by atoms with Gasteiger partial charge in [-0.3, -0.25) is 4.79 Å². The van der Waals surface area contributed by atoms with Crippen LogP contribution in [0.3, 0.4) is 0 Å². The minimum Gasteiger partial charge on any atom is -0.310 e. The Hall–Kier alpha value is -0.790. The lowest BCUT2D eigenvalue weighted by atomic mass is 10.2. The number of thioether (sulfide) groups is 1. The van der Waals surface area contributed by atoms with Crippen LogP contribution in [-0.2, 0) is 4.79 Å². The molecule has 1 N–H and O–H groups in total. The predicted octanol–water partition coefficient (Wildman–Crippen LogP) is 4.06. The molecule has 0 aliphatic carbocycles. The molecule has 0 spiro atoms. The van der Waals surface area contributed by atoms with Crippen LogP contribution in [0.15, 0.2) is 22.1 Å². The van der Waals surface area contributed by atoms with Crippen molar-refractivity contribution in [3.8, 4) is 0 Å². The number of carbonyl (C=O) groups is 1. The number of halogens is 1. The topological polar surface area (TPSA) is 46.9 Å². The summed E-state index contributed by atoms with van der Waals surface area (Å²) in [5.74, 6) is 1.34. The number of thiophene rings is 1. The van der Waals surface area contributed by atoms with E-state index in [-0.39, 0.29) is 17.2 Å². The highest BCUT2D eigenvalue weighted by Crippen LogP contribution is 2.44. The predicted molar refractivity (Wildman–Crippen MR) is 87.6 cm³/mol. The second-order valence-corrected chi connectivity index (χ2v) is 8.46. The van der Waals surface area contributed by atoms with Crippen molar-refractivity contribution < 1.29 is 4.79 Å². The molecule has 0 saturated carbocycles. The van der Waals surface area contributed by atoms with E-state index in [0.29, 0.717) is 5.75 Å². The highest BCUT2D eigenvalue weighted by molar-refractivity contribution is 9.11. The molecular formula is C13H14BrN3OS2. The Morgan fingerprint density at radius 2 is 2.30 bits per heavy atom. The normalized spacial score (nSPS) is 18.8. The lowest BCUT2D eigenvalue weighted by Crippen LogP contribution is -2.17. The summed E-state index contributed by atoms with van der Waals surface area (Å²) in [5.41, 5.74) is 1.09. The van der Waals surface area contributed by atoms with Gasteiger partial charge >= 0.3 is 0 Å². The van der Waals surface area contributed by atoms with E-state index < -0.39 is 0 Å². The van der Waals surface area contributed by atoms with Crippen molar-refractivity contribution in [3.05, 3.63) is 32.6 Å². The van der Waals surface area contributed by atoms with Gasteiger partial charge in [0.15, 0.2) is 0 Å². The highest BCUT2D eigenvalue weighted by atomic mass is 79.9. The molecule has 20 heavy (non-hydrogen) atoms.